The molecule has 2 aromatic carbocycles. The van der Waals surface area contributed by atoms with Gasteiger partial charge in [0, 0.05) is 12.1 Å². The Morgan fingerprint density at radius 3 is 2.92 bits per heavy atom. The van der Waals surface area contributed by atoms with Crippen molar-refractivity contribution in [3.8, 4) is 11.3 Å². The monoisotopic (exact) mass is 361 g/mol. The van der Waals surface area contributed by atoms with E-state index in [1.165, 1.54) is 22.5 Å². The van der Waals surface area contributed by atoms with Crippen molar-refractivity contribution in [1.29, 1.82) is 0 Å². The lowest BCUT2D eigenvalue weighted by Crippen LogP contribution is -2.33. The van der Waals surface area contributed by atoms with Crippen molar-refractivity contribution in [2.24, 2.45) is 0 Å². The summed E-state index contributed by atoms with van der Waals surface area (Å²) < 4.78 is 3.15. The van der Waals surface area contributed by atoms with Crippen LogP contribution in [0.15, 0.2) is 61.1 Å². The Hall–Kier alpha value is -3.19. The van der Waals surface area contributed by atoms with Gasteiger partial charge < -0.3 is 9.88 Å². The molecule has 0 bridgehead atoms. The summed E-state index contributed by atoms with van der Waals surface area (Å²) in [6, 6.07) is 15.8. The van der Waals surface area contributed by atoms with Crippen LogP contribution in [0.1, 0.15) is 11.6 Å². The van der Waals surface area contributed by atoms with Crippen LogP contribution in [0.3, 0.4) is 0 Å². The van der Waals surface area contributed by atoms with E-state index >= 15 is 0 Å². The van der Waals surface area contributed by atoms with Crippen LogP contribution in [-0.4, -0.2) is 27.1 Å². The Morgan fingerprint density at radius 1 is 1.15 bits per heavy atom. The number of hydrogen-bond donors (Lipinski definition) is 2. The predicted molar refractivity (Wildman–Crippen MR) is 102 cm³/mol. The largest absolute Gasteiger partial charge is 0.335 e. The van der Waals surface area contributed by atoms with Gasteiger partial charge in [0.2, 0.25) is 0 Å². The SMILES string of the molecule is O=C(NCC1c2ccccc2-c2cncn21)Nc1nc2ccccc2s1. The Balaban J connectivity index is 1.31. The van der Waals surface area contributed by atoms with Crippen molar-refractivity contribution >= 4 is 32.7 Å². The third-order valence-electron chi connectivity index (χ3n) is 4.57. The molecule has 3 heterocycles. The minimum absolute atomic E-state index is 0.0461. The number of thiazole rings is 1. The van der Waals surface area contributed by atoms with Crippen molar-refractivity contribution in [3.63, 3.8) is 0 Å². The molecule has 26 heavy (non-hydrogen) atoms. The molecule has 0 fully saturated rings. The molecule has 2 amide bonds. The normalized spacial score (nSPS) is 14.8. The summed E-state index contributed by atoms with van der Waals surface area (Å²) in [6.07, 6.45) is 3.67. The zero-order valence-corrected chi connectivity index (χ0v) is 14.5. The minimum Gasteiger partial charge on any atom is -0.335 e. The average molecular weight is 361 g/mol. The number of amides is 2. The van der Waals surface area contributed by atoms with Crippen LogP contribution < -0.4 is 10.6 Å². The van der Waals surface area contributed by atoms with Gasteiger partial charge in [-0.25, -0.2) is 14.8 Å². The second-order valence-corrected chi connectivity index (χ2v) is 7.14. The lowest BCUT2D eigenvalue weighted by Gasteiger charge is -2.15. The number of imidazole rings is 1. The summed E-state index contributed by atoms with van der Waals surface area (Å²) in [5.74, 6) is 0. The van der Waals surface area contributed by atoms with Crippen molar-refractivity contribution in [3.05, 3.63) is 66.6 Å². The van der Waals surface area contributed by atoms with E-state index < -0.39 is 0 Å². The highest BCUT2D eigenvalue weighted by Gasteiger charge is 2.28. The highest BCUT2D eigenvalue weighted by atomic mass is 32.1. The number of fused-ring (bicyclic) bond motifs is 4. The molecule has 2 N–H and O–H groups in total. The molecule has 0 saturated carbocycles. The number of rotatable bonds is 3. The molecule has 2 aromatic heterocycles. The number of para-hydroxylation sites is 1. The fourth-order valence-electron chi connectivity index (χ4n) is 3.40. The number of carbonyl (C=O) groups excluding carboxylic acids is 1. The van der Waals surface area contributed by atoms with Gasteiger partial charge in [-0.2, -0.15) is 0 Å². The summed E-state index contributed by atoms with van der Waals surface area (Å²) in [6.45, 7) is 0.483. The van der Waals surface area contributed by atoms with Crippen LogP contribution in [-0.2, 0) is 0 Å². The molecule has 0 spiro atoms. The maximum absolute atomic E-state index is 12.3. The Labute approximate surface area is 153 Å². The lowest BCUT2D eigenvalue weighted by molar-refractivity contribution is 0.251. The third-order valence-corrected chi connectivity index (χ3v) is 5.52. The number of hydrogen-bond acceptors (Lipinski definition) is 4. The first-order valence-corrected chi connectivity index (χ1v) is 9.13. The number of anilines is 1. The first kappa shape index (κ1) is 15.1. The molecule has 0 aliphatic carbocycles. The second kappa shape index (κ2) is 5.96. The van der Waals surface area contributed by atoms with Gasteiger partial charge in [-0.05, 0) is 17.7 Å². The molecule has 1 unspecified atom stereocenters. The Bertz CT molecular complexity index is 1080. The van der Waals surface area contributed by atoms with Crippen molar-refractivity contribution < 1.29 is 4.79 Å². The maximum atomic E-state index is 12.3. The molecule has 1 aliphatic rings. The van der Waals surface area contributed by atoms with Crippen LogP contribution in [0.5, 0.6) is 0 Å². The van der Waals surface area contributed by atoms with Crippen molar-refractivity contribution in [2.75, 3.05) is 11.9 Å². The smallest absolute Gasteiger partial charge is 0.321 e. The second-order valence-electron chi connectivity index (χ2n) is 6.11. The van der Waals surface area contributed by atoms with E-state index in [1.807, 2.05) is 48.9 Å². The Morgan fingerprint density at radius 2 is 2.00 bits per heavy atom. The van der Waals surface area contributed by atoms with E-state index in [2.05, 4.69) is 37.3 Å². The van der Waals surface area contributed by atoms with E-state index in [-0.39, 0.29) is 12.1 Å². The molecule has 7 heteroatoms. The highest BCUT2D eigenvalue weighted by molar-refractivity contribution is 7.22. The van der Waals surface area contributed by atoms with Crippen LogP contribution in [0, 0.1) is 0 Å². The highest BCUT2D eigenvalue weighted by Crippen LogP contribution is 2.38. The van der Waals surface area contributed by atoms with Gasteiger partial charge in [0.25, 0.3) is 0 Å². The van der Waals surface area contributed by atoms with Crippen LogP contribution in [0.4, 0.5) is 9.93 Å². The van der Waals surface area contributed by atoms with Crippen LogP contribution in [0.25, 0.3) is 21.5 Å². The number of nitrogens with one attached hydrogen (secondary N) is 2. The average Bonchev–Trinajstić information content (AvgIpc) is 3.34. The number of benzene rings is 2. The molecular formula is C19H15N5OS. The van der Waals surface area contributed by atoms with E-state index in [0.717, 1.165) is 15.9 Å². The maximum Gasteiger partial charge on any atom is 0.321 e. The third kappa shape index (κ3) is 2.44. The molecule has 1 aliphatic heterocycles. The minimum atomic E-state index is -0.255. The van der Waals surface area contributed by atoms with Crippen LogP contribution >= 0.6 is 11.3 Å². The van der Waals surface area contributed by atoms with Crippen LogP contribution in [0.2, 0.25) is 0 Å². The number of urea groups is 1. The van der Waals surface area contributed by atoms with E-state index in [0.29, 0.717) is 11.7 Å². The number of nitrogens with zero attached hydrogens (tertiary/aromatic N) is 3. The topological polar surface area (TPSA) is 71.8 Å². The molecule has 5 rings (SSSR count). The van der Waals surface area contributed by atoms with Gasteiger partial charge in [0.1, 0.15) is 0 Å². The van der Waals surface area contributed by atoms with E-state index in [9.17, 15) is 4.79 Å². The standard InChI is InChI=1S/C19H15N5OS/c25-18(23-19-22-14-7-3-4-8-17(14)26-19)21-10-16-13-6-2-1-5-12(13)15-9-20-11-24(15)16/h1-9,11,16H,10H2,(H2,21,22,23,25). The fourth-order valence-corrected chi connectivity index (χ4v) is 4.26. The summed E-state index contributed by atoms with van der Waals surface area (Å²) in [5, 5.41) is 6.38. The number of aromatic nitrogens is 3. The van der Waals surface area contributed by atoms with Gasteiger partial charge >= 0.3 is 6.03 Å². The quantitative estimate of drug-likeness (QED) is 0.582. The van der Waals surface area contributed by atoms with Crippen molar-refractivity contribution in [1.82, 2.24) is 19.9 Å². The molecular weight excluding hydrogens is 346 g/mol. The van der Waals surface area contributed by atoms with Gasteiger partial charge in [-0.15, -0.1) is 0 Å². The summed E-state index contributed by atoms with van der Waals surface area (Å²) >= 11 is 1.46. The summed E-state index contributed by atoms with van der Waals surface area (Å²) in [5.41, 5.74) is 4.34. The van der Waals surface area contributed by atoms with Gasteiger partial charge in [0.05, 0.1) is 34.5 Å². The molecule has 4 aromatic rings. The number of carbonyl (C=O) groups is 1. The zero-order valence-electron chi connectivity index (χ0n) is 13.7. The van der Waals surface area contributed by atoms with Gasteiger partial charge in [-0.1, -0.05) is 47.7 Å². The van der Waals surface area contributed by atoms with Gasteiger partial charge in [-0.3, -0.25) is 5.32 Å². The van der Waals surface area contributed by atoms with E-state index in [4.69, 9.17) is 0 Å². The first-order valence-electron chi connectivity index (χ1n) is 8.31. The molecule has 6 nitrogen and oxygen atoms in total. The van der Waals surface area contributed by atoms with Crippen molar-refractivity contribution in [2.45, 2.75) is 6.04 Å². The molecule has 128 valence electrons. The van der Waals surface area contributed by atoms with Gasteiger partial charge in [0.15, 0.2) is 5.13 Å². The fraction of sp³-hybridized carbons (Fsp3) is 0.105. The molecule has 1 atom stereocenters. The first-order chi connectivity index (χ1) is 12.8. The zero-order chi connectivity index (χ0) is 17.5. The summed E-state index contributed by atoms with van der Waals surface area (Å²) in [7, 11) is 0. The Kier molecular flexibility index (Phi) is 3.46. The van der Waals surface area contributed by atoms with E-state index in [1.54, 1.807) is 0 Å². The molecule has 0 radical (unpaired) electrons. The lowest BCUT2D eigenvalue weighted by atomic mass is 10.0. The predicted octanol–water partition coefficient (Wildman–Crippen LogP) is 3.88. The molecule has 0 saturated heterocycles. The summed E-state index contributed by atoms with van der Waals surface area (Å²) in [4.78, 5) is 21.0.